The monoisotopic (exact) mass is 380 g/mol. The van der Waals surface area contributed by atoms with Gasteiger partial charge in [-0.2, -0.15) is 0 Å². The van der Waals surface area contributed by atoms with Crippen LogP contribution in [0, 0.1) is 12.3 Å². The minimum absolute atomic E-state index is 0.0145. The molecule has 0 bridgehead atoms. The van der Waals surface area contributed by atoms with E-state index in [1.165, 1.54) is 18.4 Å². The van der Waals surface area contributed by atoms with E-state index in [0.717, 1.165) is 45.4 Å². The number of rotatable bonds is 4. The van der Waals surface area contributed by atoms with Gasteiger partial charge in [0, 0.05) is 19.5 Å². The molecule has 0 unspecified atom stereocenters. The van der Waals surface area contributed by atoms with E-state index < -0.39 is 0 Å². The molecular weight excluding hydrogens is 352 g/mol. The first kappa shape index (κ1) is 17.9. The van der Waals surface area contributed by atoms with Gasteiger partial charge in [-0.05, 0) is 56.2 Å². The lowest BCUT2D eigenvalue weighted by Gasteiger charge is -2.50. The highest BCUT2D eigenvalue weighted by atomic mass is 16.4. The summed E-state index contributed by atoms with van der Waals surface area (Å²) < 4.78 is 5.55. The molecule has 1 aromatic heterocycles. The lowest BCUT2D eigenvalue weighted by Crippen LogP contribution is -2.54. The molecule has 1 saturated carbocycles. The summed E-state index contributed by atoms with van der Waals surface area (Å²) in [5.41, 5.74) is 1.42. The molecule has 1 aromatic carbocycles. The van der Waals surface area contributed by atoms with Crippen LogP contribution in [0.1, 0.15) is 55.4 Å². The van der Waals surface area contributed by atoms with Gasteiger partial charge in [0.1, 0.15) is 0 Å². The van der Waals surface area contributed by atoms with Crippen LogP contribution in [0.15, 0.2) is 34.7 Å². The number of likely N-dealkylation sites (tertiary alicyclic amines) is 2. The molecule has 2 aromatic rings. The summed E-state index contributed by atoms with van der Waals surface area (Å²) in [5.74, 6) is 1.69. The average Bonchev–Trinajstić information content (AvgIpc) is 3.48. The van der Waals surface area contributed by atoms with Crippen molar-refractivity contribution in [1.82, 2.24) is 20.0 Å². The maximum atomic E-state index is 13.2. The molecule has 3 heterocycles. The number of carbonyl (C=O) groups excluding carboxylic acids is 1. The molecule has 6 nitrogen and oxygen atoms in total. The SMILES string of the molecule is Cc1nnc(CN2CCC3(CC2)C[C@@H](c2ccccc2)C(=O)N(C2CC2)C3)o1. The van der Waals surface area contributed by atoms with Gasteiger partial charge in [-0.15, -0.1) is 10.2 Å². The predicted molar refractivity (Wildman–Crippen MR) is 105 cm³/mol. The van der Waals surface area contributed by atoms with Crippen molar-refractivity contribution in [2.75, 3.05) is 19.6 Å². The van der Waals surface area contributed by atoms with Crippen molar-refractivity contribution < 1.29 is 9.21 Å². The second-order valence-electron chi connectivity index (χ2n) is 8.86. The van der Waals surface area contributed by atoms with Crippen LogP contribution in [-0.4, -0.2) is 51.6 Å². The lowest BCUT2D eigenvalue weighted by atomic mass is 9.67. The number of nitrogens with zero attached hydrogens (tertiary/aromatic N) is 4. The summed E-state index contributed by atoms with van der Waals surface area (Å²) in [7, 11) is 0. The van der Waals surface area contributed by atoms with Crippen molar-refractivity contribution in [1.29, 1.82) is 0 Å². The molecule has 2 saturated heterocycles. The summed E-state index contributed by atoms with van der Waals surface area (Å²) in [6.45, 7) is 5.54. The van der Waals surface area contributed by atoms with E-state index in [-0.39, 0.29) is 11.3 Å². The zero-order chi connectivity index (χ0) is 19.1. The van der Waals surface area contributed by atoms with Crippen LogP contribution >= 0.6 is 0 Å². The van der Waals surface area contributed by atoms with Crippen LogP contribution in [0.25, 0.3) is 0 Å². The largest absolute Gasteiger partial charge is 0.424 e. The van der Waals surface area contributed by atoms with E-state index in [0.29, 0.717) is 23.7 Å². The van der Waals surface area contributed by atoms with Crippen molar-refractivity contribution in [2.24, 2.45) is 5.41 Å². The maximum absolute atomic E-state index is 13.2. The Balaban J connectivity index is 1.32. The number of amides is 1. The summed E-state index contributed by atoms with van der Waals surface area (Å²) in [6.07, 6.45) is 5.57. The van der Waals surface area contributed by atoms with Gasteiger partial charge in [-0.25, -0.2) is 0 Å². The van der Waals surface area contributed by atoms with Gasteiger partial charge in [0.25, 0.3) is 0 Å². The first-order chi connectivity index (χ1) is 13.6. The molecular formula is C22H28N4O2. The molecule has 1 amide bonds. The molecule has 1 atom stereocenters. The Morgan fingerprint density at radius 1 is 1.14 bits per heavy atom. The van der Waals surface area contributed by atoms with Crippen molar-refractivity contribution in [2.45, 2.75) is 57.5 Å². The van der Waals surface area contributed by atoms with E-state index in [9.17, 15) is 4.79 Å². The third-order valence-electron chi connectivity index (χ3n) is 6.76. The molecule has 28 heavy (non-hydrogen) atoms. The summed E-state index contributed by atoms with van der Waals surface area (Å²) >= 11 is 0. The Labute approximate surface area is 165 Å². The van der Waals surface area contributed by atoms with Crippen LogP contribution in [-0.2, 0) is 11.3 Å². The predicted octanol–water partition coefficient (Wildman–Crippen LogP) is 3.14. The minimum Gasteiger partial charge on any atom is -0.424 e. The topological polar surface area (TPSA) is 62.5 Å². The highest BCUT2D eigenvalue weighted by Gasteiger charge is 2.49. The maximum Gasteiger partial charge on any atom is 0.230 e. The molecule has 3 aliphatic rings. The number of piperidine rings is 2. The smallest absolute Gasteiger partial charge is 0.230 e. The molecule has 2 aliphatic heterocycles. The fraction of sp³-hybridized carbons (Fsp3) is 0.591. The van der Waals surface area contributed by atoms with Crippen LogP contribution < -0.4 is 0 Å². The summed E-state index contributed by atoms with van der Waals surface area (Å²) in [6, 6.07) is 10.9. The molecule has 1 spiro atoms. The first-order valence-electron chi connectivity index (χ1n) is 10.5. The van der Waals surface area contributed by atoms with Gasteiger partial charge in [0.05, 0.1) is 12.5 Å². The van der Waals surface area contributed by atoms with Gasteiger partial charge in [0.15, 0.2) is 0 Å². The van der Waals surface area contributed by atoms with Gasteiger partial charge >= 0.3 is 0 Å². The number of carbonyl (C=O) groups is 1. The molecule has 5 rings (SSSR count). The molecule has 148 valence electrons. The molecule has 0 N–H and O–H groups in total. The van der Waals surface area contributed by atoms with Crippen molar-refractivity contribution in [3.63, 3.8) is 0 Å². The third kappa shape index (κ3) is 3.46. The van der Waals surface area contributed by atoms with Gasteiger partial charge in [-0.3, -0.25) is 9.69 Å². The van der Waals surface area contributed by atoms with E-state index in [2.05, 4.69) is 44.3 Å². The highest BCUT2D eigenvalue weighted by molar-refractivity contribution is 5.85. The molecule has 0 radical (unpaired) electrons. The van der Waals surface area contributed by atoms with E-state index >= 15 is 0 Å². The Morgan fingerprint density at radius 3 is 2.54 bits per heavy atom. The highest BCUT2D eigenvalue weighted by Crippen LogP contribution is 2.48. The Kier molecular flexibility index (Phi) is 4.46. The fourth-order valence-electron chi connectivity index (χ4n) is 5.01. The number of aryl methyl sites for hydroxylation is 1. The molecule has 1 aliphatic carbocycles. The van der Waals surface area contributed by atoms with E-state index in [4.69, 9.17) is 4.42 Å². The molecule has 3 fully saturated rings. The van der Waals surface area contributed by atoms with E-state index in [1.54, 1.807) is 0 Å². The van der Waals surface area contributed by atoms with E-state index in [1.807, 2.05) is 13.0 Å². The van der Waals surface area contributed by atoms with Crippen LogP contribution in [0.4, 0.5) is 0 Å². The second-order valence-corrected chi connectivity index (χ2v) is 8.86. The fourth-order valence-corrected chi connectivity index (χ4v) is 5.01. The Bertz CT molecular complexity index is 837. The van der Waals surface area contributed by atoms with Gasteiger partial charge < -0.3 is 9.32 Å². The van der Waals surface area contributed by atoms with Crippen molar-refractivity contribution >= 4 is 5.91 Å². The number of hydrogen-bond donors (Lipinski definition) is 0. The van der Waals surface area contributed by atoms with Gasteiger partial charge in [0.2, 0.25) is 17.7 Å². The quantitative estimate of drug-likeness (QED) is 0.815. The number of aromatic nitrogens is 2. The zero-order valence-corrected chi connectivity index (χ0v) is 16.5. The lowest BCUT2D eigenvalue weighted by molar-refractivity contribution is -0.142. The Hall–Kier alpha value is -2.21. The number of hydrogen-bond acceptors (Lipinski definition) is 5. The van der Waals surface area contributed by atoms with Crippen LogP contribution in [0.3, 0.4) is 0 Å². The average molecular weight is 380 g/mol. The van der Waals surface area contributed by atoms with Gasteiger partial charge in [-0.1, -0.05) is 30.3 Å². The number of benzene rings is 1. The first-order valence-corrected chi connectivity index (χ1v) is 10.5. The van der Waals surface area contributed by atoms with Crippen molar-refractivity contribution in [3.8, 4) is 0 Å². The van der Waals surface area contributed by atoms with Crippen molar-refractivity contribution in [3.05, 3.63) is 47.7 Å². The standard InChI is InChI=1S/C22H28N4O2/c1-16-23-24-20(28-16)14-25-11-9-22(10-12-25)13-19(17-5-3-2-4-6-17)21(27)26(15-22)18-7-8-18/h2-6,18-19H,7-15H2,1H3/t19-/m0/s1. The van der Waals surface area contributed by atoms with Crippen LogP contribution in [0.5, 0.6) is 0 Å². The van der Waals surface area contributed by atoms with Crippen LogP contribution in [0.2, 0.25) is 0 Å². The zero-order valence-electron chi connectivity index (χ0n) is 16.5. The second kappa shape index (κ2) is 6.99. The summed E-state index contributed by atoms with van der Waals surface area (Å²) in [4.78, 5) is 17.9. The third-order valence-corrected chi connectivity index (χ3v) is 6.76. The summed E-state index contributed by atoms with van der Waals surface area (Å²) in [5, 5.41) is 8.07. The normalized spacial score (nSPS) is 25.4. The Morgan fingerprint density at radius 2 is 1.89 bits per heavy atom. The molecule has 6 heteroatoms. The minimum atomic E-state index is 0.0145.